The van der Waals surface area contributed by atoms with Crippen LogP contribution < -0.4 is 11.5 Å². The zero-order valence-electron chi connectivity index (χ0n) is 11.9. The summed E-state index contributed by atoms with van der Waals surface area (Å²) in [5, 5.41) is 9.43. The van der Waals surface area contributed by atoms with Gasteiger partial charge in [-0.3, -0.25) is 0 Å². The number of fused-ring (bicyclic) bond motifs is 2. The number of nitrogens with two attached hydrogens (primary N) is 2. The fourth-order valence-corrected chi connectivity index (χ4v) is 3.71. The van der Waals surface area contributed by atoms with Crippen molar-refractivity contribution in [1.29, 1.82) is 0 Å². The second kappa shape index (κ2) is 3.80. The predicted octanol–water partition coefficient (Wildman–Crippen LogP) is 4.90. The molecule has 2 heteroatoms. The van der Waals surface area contributed by atoms with Crippen molar-refractivity contribution in [3.05, 3.63) is 60.7 Å². The molecule has 0 amide bonds. The minimum absolute atomic E-state index is 0.681. The summed E-state index contributed by atoms with van der Waals surface area (Å²) in [5.74, 6) is 0. The van der Waals surface area contributed by atoms with Crippen LogP contribution in [0.25, 0.3) is 43.1 Å². The Labute approximate surface area is 127 Å². The van der Waals surface area contributed by atoms with Crippen LogP contribution in [-0.2, 0) is 0 Å². The van der Waals surface area contributed by atoms with Gasteiger partial charge in [0.25, 0.3) is 0 Å². The second-order valence-electron chi connectivity index (χ2n) is 5.86. The van der Waals surface area contributed by atoms with Gasteiger partial charge in [-0.05, 0) is 33.0 Å². The molecule has 0 aliphatic heterocycles. The van der Waals surface area contributed by atoms with Crippen LogP contribution in [-0.4, -0.2) is 0 Å². The zero-order chi connectivity index (χ0) is 14.8. The first-order valence-corrected chi connectivity index (χ1v) is 7.39. The van der Waals surface area contributed by atoms with E-state index in [0.717, 1.165) is 10.8 Å². The normalized spacial score (nSPS) is 12.0. The largest absolute Gasteiger partial charge is 0.397 e. The molecule has 5 aromatic rings. The summed E-state index contributed by atoms with van der Waals surface area (Å²) in [5.41, 5.74) is 14.1. The smallest absolute Gasteiger partial charge is 0.0634 e. The van der Waals surface area contributed by atoms with Gasteiger partial charge in [0, 0.05) is 16.2 Å². The molecule has 0 saturated heterocycles. The molecular weight excluding hydrogens is 268 g/mol. The lowest BCUT2D eigenvalue weighted by Crippen LogP contribution is -1.99. The molecule has 5 aromatic carbocycles. The number of hydrogen-bond acceptors (Lipinski definition) is 2. The van der Waals surface area contributed by atoms with E-state index in [9.17, 15) is 0 Å². The molecule has 0 saturated carbocycles. The summed E-state index contributed by atoms with van der Waals surface area (Å²) in [6.45, 7) is 0. The van der Waals surface area contributed by atoms with Gasteiger partial charge in [-0.15, -0.1) is 0 Å². The lowest BCUT2D eigenvalue weighted by molar-refractivity contribution is 1.75. The van der Waals surface area contributed by atoms with E-state index in [-0.39, 0.29) is 0 Å². The summed E-state index contributed by atoms with van der Waals surface area (Å²) in [4.78, 5) is 0. The molecule has 22 heavy (non-hydrogen) atoms. The molecule has 0 aromatic heterocycles. The molecular formula is C20H14N2. The van der Waals surface area contributed by atoms with E-state index < -0.39 is 0 Å². The van der Waals surface area contributed by atoms with Crippen LogP contribution in [0.3, 0.4) is 0 Å². The third-order valence-electron chi connectivity index (χ3n) is 4.74. The lowest BCUT2D eigenvalue weighted by atomic mass is 9.89. The highest BCUT2D eigenvalue weighted by molar-refractivity contribution is 6.33. The van der Waals surface area contributed by atoms with Crippen LogP contribution in [0, 0.1) is 0 Å². The summed E-state index contributed by atoms with van der Waals surface area (Å²) in [6, 6.07) is 21.2. The van der Waals surface area contributed by atoms with Crippen LogP contribution in [0.2, 0.25) is 0 Å². The van der Waals surface area contributed by atoms with Crippen molar-refractivity contribution in [3.8, 4) is 0 Å². The molecule has 0 fully saturated rings. The number of benzene rings is 5. The molecule has 0 radical (unpaired) electrons. The van der Waals surface area contributed by atoms with Gasteiger partial charge in [-0.2, -0.15) is 0 Å². The minimum atomic E-state index is 0.681. The van der Waals surface area contributed by atoms with E-state index in [2.05, 4.69) is 54.6 Å². The maximum Gasteiger partial charge on any atom is 0.0634 e. The van der Waals surface area contributed by atoms with Gasteiger partial charge >= 0.3 is 0 Å². The standard InChI is InChI=1S/C20H14N2/c21-19-15-7-3-5-11-8-9-14-13-6-2-1-4-12(13)10-16(20(19)22)18(14)17(11)15/h1-10H,21-22H2. The highest BCUT2D eigenvalue weighted by Crippen LogP contribution is 2.44. The Balaban J connectivity index is 2.26. The molecule has 0 unspecified atom stereocenters. The molecule has 0 aliphatic carbocycles. The summed E-state index contributed by atoms with van der Waals surface area (Å²) >= 11 is 0. The maximum absolute atomic E-state index is 6.37. The van der Waals surface area contributed by atoms with Crippen molar-refractivity contribution in [2.24, 2.45) is 0 Å². The van der Waals surface area contributed by atoms with E-state index in [1.54, 1.807) is 0 Å². The van der Waals surface area contributed by atoms with Gasteiger partial charge in [0.05, 0.1) is 11.4 Å². The van der Waals surface area contributed by atoms with Crippen molar-refractivity contribution in [3.63, 3.8) is 0 Å². The van der Waals surface area contributed by atoms with Crippen LogP contribution in [0.4, 0.5) is 11.4 Å². The van der Waals surface area contributed by atoms with Crippen molar-refractivity contribution < 1.29 is 0 Å². The van der Waals surface area contributed by atoms with Gasteiger partial charge in [0.1, 0.15) is 0 Å². The van der Waals surface area contributed by atoms with Gasteiger partial charge < -0.3 is 11.5 Å². The zero-order valence-corrected chi connectivity index (χ0v) is 11.9. The Morgan fingerprint density at radius 2 is 1.23 bits per heavy atom. The van der Waals surface area contributed by atoms with Crippen molar-refractivity contribution in [1.82, 2.24) is 0 Å². The fraction of sp³-hybridized carbons (Fsp3) is 0. The van der Waals surface area contributed by atoms with Crippen molar-refractivity contribution in [2.75, 3.05) is 11.5 Å². The first-order valence-electron chi connectivity index (χ1n) is 7.39. The number of hydrogen-bond donors (Lipinski definition) is 2. The first kappa shape index (κ1) is 11.6. The number of rotatable bonds is 0. The monoisotopic (exact) mass is 282 g/mol. The van der Waals surface area contributed by atoms with Crippen LogP contribution in [0.5, 0.6) is 0 Å². The van der Waals surface area contributed by atoms with Gasteiger partial charge in [0.2, 0.25) is 0 Å². The molecule has 5 rings (SSSR count). The maximum atomic E-state index is 6.37. The van der Waals surface area contributed by atoms with Crippen LogP contribution in [0.1, 0.15) is 0 Å². The van der Waals surface area contributed by atoms with Crippen LogP contribution in [0.15, 0.2) is 60.7 Å². The van der Waals surface area contributed by atoms with E-state index in [0.29, 0.717) is 11.4 Å². The summed E-state index contributed by atoms with van der Waals surface area (Å²) in [6.07, 6.45) is 0. The Morgan fingerprint density at radius 1 is 0.500 bits per heavy atom. The van der Waals surface area contributed by atoms with E-state index in [1.807, 2.05) is 6.07 Å². The summed E-state index contributed by atoms with van der Waals surface area (Å²) < 4.78 is 0. The van der Waals surface area contributed by atoms with E-state index >= 15 is 0 Å². The molecule has 0 heterocycles. The third-order valence-corrected chi connectivity index (χ3v) is 4.74. The minimum Gasteiger partial charge on any atom is -0.397 e. The summed E-state index contributed by atoms with van der Waals surface area (Å²) in [7, 11) is 0. The molecule has 0 atom stereocenters. The molecule has 0 bridgehead atoms. The second-order valence-corrected chi connectivity index (χ2v) is 5.86. The van der Waals surface area contributed by atoms with Crippen molar-refractivity contribution >= 4 is 54.5 Å². The third kappa shape index (κ3) is 1.25. The Hall–Kier alpha value is -3.00. The molecule has 0 aliphatic rings. The van der Waals surface area contributed by atoms with E-state index in [1.165, 1.54) is 32.3 Å². The van der Waals surface area contributed by atoms with Crippen LogP contribution >= 0.6 is 0 Å². The highest BCUT2D eigenvalue weighted by Gasteiger charge is 2.15. The first-order chi connectivity index (χ1) is 10.8. The van der Waals surface area contributed by atoms with Gasteiger partial charge in [0.15, 0.2) is 0 Å². The average Bonchev–Trinajstić information content (AvgIpc) is 2.57. The lowest BCUT2D eigenvalue weighted by Gasteiger charge is -2.17. The SMILES string of the molecule is Nc1c(N)c2cc3ccccc3c3ccc4cccc1c4c23. The van der Waals surface area contributed by atoms with Crippen molar-refractivity contribution in [2.45, 2.75) is 0 Å². The number of nitrogen functional groups attached to an aromatic ring is 2. The predicted molar refractivity (Wildman–Crippen MR) is 96.5 cm³/mol. The van der Waals surface area contributed by atoms with Gasteiger partial charge in [-0.1, -0.05) is 54.6 Å². The average molecular weight is 282 g/mol. The quantitative estimate of drug-likeness (QED) is 0.241. The Morgan fingerprint density at radius 3 is 2.14 bits per heavy atom. The van der Waals surface area contributed by atoms with Gasteiger partial charge in [-0.25, -0.2) is 0 Å². The highest BCUT2D eigenvalue weighted by atomic mass is 14.7. The Bertz CT molecular complexity index is 1190. The molecule has 104 valence electrons. The molecule has 2 nitrogen and oxygen atoms in total. The molecule has 0 spiro atoms. The van der Waals surface area contributed by atoms with E-state index in [4.69, 9.17) is 11.5 Å². The number of anilines is 2. The Kier molecular flexibility index (Phi) is 2.01. The topological polar surface area (TPSA) is 52.0 Å². The molecule has 4 N–H and O–H groups in total. The fourth-order valence-electron chi connectivity index (χ4n) is 3.71.